The van der Waals surface area contributed by atoms with E-state index in [0.29, 0.717) is 51.2 Å². The van der Waals surface area contributed by atoms with Crippen molar-refractivity contribution in [2.75, 3.05) is 13.2 Å². The predicted octanol–water partition coefficient (Wildman–Crippen LogP) is 4.03. The number of hydrogen-bond acceptors (Lipinski definition) is 7. The Hall–Kier alpha value is -1.96. The lowest BCUT2D eigenvalue weighted by Crippen LogP contribution is -2.31. The highest BCUT2D eigenvalue weighted by molar-refractivity contribution is 5.78. The van der Waals surface area contributed by atoms with Crippen LogP contribution >= 0.6 is 0 Å². The Labute approximate surface area is 209 Å². The maximum atomic E-state index is 12.8. The van der Waals surface area contributed by atoms with Crippen LogP contribution < -0.4 is 0 Å². The number of rotatable bonds is 3. The minimum atomic E-state index is -0.977. The van der Waals surface area contributed by atoms with E-state index in [1.54, 1.807) is 6.08 Å². The number of cyclic esters (lactones) is 2. The van der Waals surface area contributed by atoms with Gasteiger partial charge >= 0.3 is 11.9 Å². The smallest absolute Gasteiger partial charge is 0.309 e. The van der Waals surface area contributed by atoms with Crippen molar-refractivity contribution in [2.24, 2.45) is 17.8 Å². The van der Waals surface area contributed by atoms with Gasteiger partial charge in [-0.3, -0.25) is 9.59 Å². The van der Waals surface area contributed by atoms with E-state index >= 15 is 0 Å². The molecule has 7 atom stereocenters. The molecule has 1 saturated heterocycles. The van der Waals surface area contributed by atoms with Crippen molar-refractivity contribution in [3.8, 4) is 0 Å². The van der Waals surface area contributed by atoms with Crippen molar-refractivity contribution >= 4 is 11.9 Å². The fourth-order valence-corrected chi connectivity index (χ4v) is 4.87. The highest BCUT2D eigenvalue weighted by Gasteiger charge is 2.46. The van der Waals surface area contributed by atoms with E-state index in [0.717, 1.165) is 24.8 Å². The summed E-state index contributed by atoms with van der Waals surface area (Å²) in [5, 5.41) is 21.3. The van der Waals surface area contributed by atoms with Crippen molar-refractivity contribution < 1.29 is 34.0 Å². The molecule has 7 heteroatoms. The summed E-state index contributed by atoms with van der Waals surface area (Å²) in [6.45, 7) is 9.13. The molecule has 2 N–H and O–H groups in total. The number of hydrogen-bond donors (Lipinski definition) is 2. The molecule has 1 aliphatic carbocycles. The molecule has 0 aromatic carbocycles. The van der Waals surface area contributed by atoms with Crippen LogP contribution in [-0.4, -0.2) is 59.8 Å². The van der Waals surface area contributed by atoms with Crippen LogP contribution in [0, 0.1) is 17.8 Å². The second-order valence-electron chi connectivity index (χ2n) is 10.6. The molecule has 0 radical (unpaired) electrons. The maximum absolute atomic E-state index is 12.8. The Morgan fingerprint density at radius 1 is 1.14 bits per heavy atom. The molecule has 0 aromatic rings. The second-order valence-corrected chi connectivity index (χ2v) is 10.6. The summed E-state index contributed by atoms with van der Waals surface area (Å²) in [5.74, 6) is -0.751. The molecule has 2 fully saturated rings. The maximum Gasteiger partial charge on any atom is 0.309 e. The van der Waals surface area contributed by atoms with Gasteiger partial charge < -0.3 is 24.4 Å². The van der Waals surface area contributed by atoms with Gasteiger partial charge in [0, 0.05) is 6.42 Å². The molecular formula is C28H42O7. The number of carbonyl (C=O) groups is 2. The number of aliphatic hydroxyl groups excluding tert-OH is 2. The molecule has 3 rings (SSSR count). The SMILES string of the molecule is C=C1C[C@H](C)CCOC(=O)CC2CC2C(=O)O[C@H]([C@@H](O)/C=C/[C@@H]2CC(C)=CCO2)CCC[C@@H](O)C1. The summed E-state index contributed by atoms with van der Waals surface area (Å²) in [6, 6.07) is 0. The fourth-order valence-electron chi connectivity index (χ4n) is 4.87. The van der Waals surface area contributed by atoms with E-state index in [4.69, 9.17) is 14.2 Å². The van der Waals surface area contributed by atoms with Crippen LogP contribution in [-0.2, 0) is 23.8 Å². The summed E-state index contributed by atoms with van der Waals surface area (Å²) in [7, 11) is 0. The quantitative estimate of drug-likeness (QED) is 0.455. The van der Waals surface area contributed by atoms with Gasteiger partial charge in [-0.05, 0) is 70.1 Å². The van der Waals surface area contributed by atoms with Gasteiger partial charge in [-0.1, -0.05) is 42.9 Å². The van der Waals surface area contributed by atoms with E-state index < -0.39 is 18.3 Å². The lowest BCUT2D eigenvalue weighted by atomic mass is 9.94. The molecule has 2 aliphatic heterocycles. The minimum absolute atomic E-state index is 0.0633. The molecular weight excluding hydrogens is 448 g/mol. The van der Waals surface area contributed by atoms with E-state index in [1.807, 2.05) is 12.2 Å². The topological polar surface area (TPSA) is 102 Å². The van der Waals surface area contributed by atoms with Crippen LogP contribution in [0.4, 0.5) is 0 Å². The average molecular weight is 491 g/mol. The van der Waals surface area contributed by atoms with Gasteiger partial charge in [0.05, 0.1) is 31.3 Å². The molecule has 196 valence electrons. The molecule has 2 unspecified atom stereocenters. The summed E-state index contributed by atoms with van der Waals surface area (Å²) < 4.78 is 16.8. The first kappa shape index (κ1) is 27.6. The standard InChI is InChI=1S/C28H42O7/c1-18-10-12-34-27(31)17-21-16-24(21)28(32)35-26(6-4-5-22(29)14-20(3)13-18)25(30)8-7-23-15-19(2)9-11-33-23/h7-9,18,21-26,29-30H,3-6,10-17H2,1-2H3/b8-7+/t18-,21?,22-,23-,24?,25+,26+/m1/s1. The van der Waals surface area contributed by atoms with Crippen molar-refractivity contribution in [1.29, 1.82) is 0 Å². The van der Waals surface area contributed by atoms with Crippen LogP contribution in [0.5, 0.6) is 0 Å². The molecule has 0 spiro atoms. The fraction of sp³-hybridized carbons (Fsp3) is 0.714. The van der Waals surface area contributed by atoms with Crippen molar-refractivity contribution in [3.63, 3.8) is 0 Å². The zero-order valence-corrected chi connectivity index (χ0v) is 21.2. The first-order valence-corrected chi connectivity index (χ1v) is 13.1. The van der Waals surface area contributed by atoms with Gasteiger partial charge in [-0.25, -0.2) is 0 Å². The Morgan fingerprint density at radius 3 is 2.71 bits per heavy atom. The normalized spacial score (nSPS) is 35.2. The first-order valence-electron chi connectivity index (χ1n) is 13.1. The van der Waals surface area contributed by atoms with E-state index in [-0.39, 0.29) is 36.3 Å². The van der Waals surface area contributed by atoms with E-state index in [9.17, 15) is 19.8 Å². The number of fused-ring (bicyclic) bond motifs is 1. The first-order chi connectivity index (χ1) is 16.7. The average Bonchev–Trinajstić information content (AvgIpc) is 3.55. The molecule has 0 amide bonds. The molecule has 0 bridgehead atoms. The van der Waals surface area contributed by atoms with Crippen molar-refractivity contribution in [1.82, 2.24) is 0 Å². The largest absolute Gasteiger partial charge is 0.466 e. The van der Waals surface area contributed by atoms with Gasteiger partial charge in [0.25, 0.3) is 0 Å². The third kappa shape index (κ3) is 9.54. The number of aliphatic hydroxyl groups is 2. The Morgan fingerprint density at radius 2 is 1.94 bits per heavy atom. The van der Waals surface area contributed by atoms with Crippen LogP contribution in [0.2, 0.25) is 0 Å². The predicted molar refractivity (Wildman–Crippen MR) is 132 cm³/mol. The van der Waals surface area contributed by atoms with E-state index in [1.165, 1.54) is 5.57 Å². The zero-order valence-electron chi connectivity index (χ0n) is 21.2. The highest BCUT2D eigenvalue weighted by atomic mass is 16.6. The van der Waals surface area contributed by atoms with Crippen LogP contribution in [0.3, 0.4) is 0 Å². The van der Waals surface area contributed by atoms with Gasteiger partial charge in [-0.2, -0.15) is 0 Å². The zero-order chi connectivity index (χ0) is 25.4. The lowest BCUT2D eigenvalue weighted by Gasteiger charge is -2.24. The van der Waals surface area contributed by atoms with Gasteiger partial charge in [0.15, 0.2) is 0 Å². The third-order valence-corrected chi connectivity index (χ3v) is 7.15. The monoisotopic (exact) mass is 490 g/mol. The summed E-state index contributed by atoms with van der Waals surface area (Å²) in [5.41, 5.74) is 2.22. The Bertz CT molecular complexity index is 801. The molecule has 35 heavy (non-hydrogen) atoms. The van der Waals surface area contributed by atoms with Gasteiger partial charge in [-0.15, -0.1) is 0 Å². The van der Waals surface area contributed by atoms with Crippen LogP contribution in [0.15, 0.2) is 36.0 Å². The van der Waals surface area contributed by atoms with Crippen LogP contribution in [0.25, 0.3) is 0 Å². The van der Waals surface area contributed by atoms with Crippen molar-refractivity contribution in [3.05, 3.63) is 36.0 Å². The molecule has 3 aliphatic rings. The van der Waals surface area contributed by atoms with Gasteiger partial charge in [0.1, 0.15) is 12.2 Å². The summed E-state index contributed by atoms with van der Waals surface area (Å²) >= 11 is 0. The summed E-state index contributed by atoms with van der Waals surface area (Å²) in [4.78, 5) is 24.9. The molecule has 2 heterocycles. The lowest BCUT2D eigenvalue weighted by molar-refractivity contribution is -0.156. The Kier molecular flexibility index (Phi) is 10.6. The molecule has 0 aromatic heterocycles. The summed E-state index contributed by atoms with van der Waals surface area (Å²) in [6.07, 6.45) is 8.36. The molecule has 1 saturated carbocycles. The van der Waals surface area contributed by atoms with E-state index in [2.05, 4.69) is 20.4 Å². The molecule has 7 nitrogen and oxygen atoms in total. The third-order valence-electron chi connectivity index (χ3n) is 7.15. The van der Waals surface area contributed by atoms with Gasteiger partial charge in [0.2, 0.25) is 0 Å². The number of esters is 2. The number of ether oxygens (including phenoxy) is 3. The van der Waals surface area contributed by atoms with Crippen molar-refractivity contribution in [2.45, 2.75) is 96.1 Å². The highest BCUT2D eigenvalue weighted by Crippen LogP contribution is 2.43. The second kappa shape index (κ2) is 13.4. The number of carbonyl (C=O) groups excluding carboxylic acids is 2. The van der Waals surface area contributed by atoms with Crippen LogP contribution in [0.1, 0.15) is 71.6 Å². The minimum Gasteiger partial charge on any atom is -0.466 e. The Balaban J connectivity index is 1.63.